The Morgan fingerprint density at radius 1 is 1.30 bits per heavy atom. The summed E-state index contributed by atoms with van der Waals surface area (Å²) in [5.41, 5.74) is 1.31. The van der Waals surface area contributed by atoms with Gasteiger partial charge in [0.15, 0.2) is 0 Å². The maximum absolute atomic E-state index is 5.87. The molecule has 1 aliphatic carbocycles. The zero-order valence-corrected chi connectivity index (χ0v) is 13.9. The molecule has 0 saturated heterocycles. The summed E-state index contributed by atoms with van der Waals surface area (Å²) in [5.74, 6) is 0. The van der Waals surface area contributed by atoms with Gasteiger partial charge in [-0.05, 0) is 42.7 Å². The van der Waals surface area contributed by atoms with Crippen LogP contribution in [0.25, 0.3) is 0 Å². The lowest BCUT2D eigenvalue weighted by molar-refractivity contribution is 0.680. The van der Waals surface area contributed by atoms with E-state index in [1.54, 1.807) is 18.0 Å². The van der Waals surface area contributed by atoms with Gasteiger partial charge in [-0.1, -0.05) is 45.4 Å². The highest BCUT2D eigenvalue weighted by Crippen LogP contribution is 2.32. The average Bonchev–Trinajstić information content (AvgIpc) is 3.25. The van der Waals surface area contributed by atoms with Gasteiger partial charge in [0.2, 0.25) is 0 Å². The number of pyridine rings is 1. The van der Waals surface area contributed by atoms with Gasteiger partial charge >= 0.3 is 0 Å². The predicted octanol–water partition coefficient (Wildman–Crippen LogP) is 4.90. The van der Waals surface area contributed by atoms with Crippen LogP contribution in [0.3, 0.4) is 0 Å². The van der Waals surface area contributed by atoms with Crippen molar-refractivity contribution in [3.8, 4) is 0 Å². The molecule has 104 valence electrons. The molecule has 1 heterocycles. The Kier molecular flexibility index (Phi) is 4.66. The Morgan fingerprint density at radius 3 is 2.85 bits per heavy atom. The Hall–Kier alpha value is -0.550. The van der Waals surface area contributed by atoms with Crippen molar-refractivity contribution in [2.24, 2.45) is 0 Å². The van der Waals surface area contributed by atoms with E-state index in [-0.39, 0.29) is 0 Å². The molecule has 1 fully saturated rings. The van der Waals surface area contributed by atoms with Gasteiger partial charge in [0.05, 0.1) is 5.02 Å². The second kappa shape index (κ2) is 6.48. The van der Waals surface area contributed by atoms with Gasteiger partial charge in [-0.25, -0.2) is 4.98 Å². The Balaban J connectivity index is 1.78. The van der Waals surface area contributed by atoms with Crippen LogP contribution in [-0.2, 0) is 6.54 Å². The second-order valence-electron chi connectivity index (χ2n) is 4.82. The number of nitrogens with zero attached hydrogens (tertiary/aromatic N) is 1. The highest BCUT2D eigenvalue weighted by molar-refractivity contribution is 9.10. The van der Waals surface area contributed by atoms with E-state index in [9.17, 15) is 0 Å². The fraction of sp³-hybridized carbons (Fsp3) is 0.267. The number of hydrogen-bond donors (Lipinski definition) is 1. The molecule has 2 nitrogen and oxygen atoms in total. The molecule has 1 N–H and O–H groups in total. The number of nitrogens with one attached hydrogen (secondary N) is 1. The fourth-order valence-electron chi connectivity index (χ4n) is 1.85. The number of hydrogen-bond acceptors (Lipinski definition) is 3. The SMILES string of the molecule is Clc1ccc(Sc2cc(Br)ccc2CNC2CC2)nc1. The molecule has 5 heteroatoms. The van der Waals surface area contributed by atoms with Gasteiger partial charge in [0.25, 0.3) is 0 Å². The number of halogens is 2. The first-order valence-electron chi connectivity index (χ1n) is 6.52. The minimum atomic E-state index is 0.666. The van der Waals surface area contributed by atoms with Gasteiger partial charge in [0.1, 0.15) is 5.03 Å². The van der Waals surface area contributed by atoms with Crippen LogP contribution in [0.1, 0.15) is 18.4 Å². The molecule has 20 heavy (non-hydrogen) atoms. The third-order valence-electron chi connectivity index (χ3n) is 3.10. The minimum Gasteiger partial charge on any atom is -0.310 e. The van der Waals surface area contributed by atoms with Gasteiger partial charge in [-0.15, -0.1) is 0 Å². The highest BCUT2D eigenvalue weighted by atomic mass is 79.9. The topological polar surface area (TPSA) is 24.9 Å². The van der Waals surface area contributed by atoms with Crippen molar-refractivity contribution in [1.29, 1.82) is 0 Å². The Bertz CT molecular complexity index is 599. The van der Waals surface area contributed by atoms with Gasteiger partial charge in [-0.3, -0.25) is 0 Å². The standard InChI is InChI=1S/C15H14BrClN2S/c16-11-2-1-10(8-18-13-4-5-13)14(7-11)20-15-6-3-12(17)9-19-15/h1-3,6-7,9,13,18H,4-5,8H2. The van der Waals surface area contributed by atoms with Crippen LogP contribution in [-0.4, -0.2) is 11.0 Å². The number of aromatic nitrogens is 1. The molecule has 0 spiro atoms. The summed E-state index contributed by atoms with van der Waals surface area (Å²) < 4.78 is 1.09. The van der Waals surface area contributed by atoms with Crippen LogP contribution in [0.2, 0.25) is 5.02 Å². The summed E-state index contributed by atoms with van der Waals surface area (Å²) >= 11 is 11.1. The van der Waals surface area contributed by atoms with Crippen LogP contribution >= 0.6 is 39.3 Å². The van der Waals surface area contributed by atoms with E-state index in [4.69, 9.17) is 11.6 Å². The molecule has 0 amide bonds. The first-order valence-corrected chi connectivity index (χ1v) is 8.51. The van der Waals surface area contributed by atoms with Crippen LogP contribution < -0.4 is 5.32 Å². The first kappa shape index (κ1) is 14.4. The van der Waals surface area contributed by atoms with Gasteiger partial charge in [-0.2, -0.15) is 0 Å². The molecule has 1 aromatic carbocycles. The van der Waals surface area contributed by atoms with E-state index < -0.39 is 0 Å². The average molecular weight is 370 g/mol. The van der Waals surface area contributed by atoms with Crippen molar-refractivity contribution in [1.82, 2.24) is 10.3 Å². The molecule has 1 saturated carbocycles. The summed E-state index contributed by atoms with van der Waals surface area (Å²) in [4.78, 5) is 5.57. The van der Waals surface area contributed by atoms with Crippen LogP contribution in [0.15, 0.2) is 50.9 Å². The minimum absolute atomic E-state index is 0.666. The first-order chi connectivity index (χ1) is 9.70. The summed E-state index contributed by atoms with van der Waals surface area (Å²) in [6, 6.07) is 10.9. The van der Waals surface area contributed by atoms with E-state index in [1.165, 1.54) is 23.3 Å². The third kappa shape index (κ3) is 3.98. The molecule has 3 rings (SSSR count). The third-order valence-corrected chi connectivity index (χ3v) is 4.87. The van der Waals surface area contributed by atoms with Crippen LogP contribution in [0, 0.1) is 0 Å². The molecule has 0 aliphatic heterocycles. The highest BCUT2D eigenvalue weighted by Gasteiger charge is 2.20. The number of benzene rings is 1. The molecule has 0 radical (unpaired) electrons. The molecule has 1 aromatic heterocycles. The smallest absolute Gasteiger partial charge is 0.101 e. The van der Waals surface area contributed by atoms with E-state index in [2.05, 4.69) is 44.4 Å². The summed E-state index contributed by atoms with van der Waals surface area (Å²) in [7, 11) is 0. The summed E-state index contributed by atoms with van der Waals surface area (Å²) in [6.45, 7) is 0.911. The normalized spacial score (nSPS) is 14.5. The van der Waals surface area contributed by atoms with Crippen molar-refractivity contribution >= 4 is 39.3 Å². The number of rotatable bonds is 5. The maximum atomic E-state index is 5.87. The van der Waals surface area contributed by atoms with Crippen molar-refractivity contribution in [3.63, 3.8) is 0 Å². The molecule has 0 unspecified atom stereocenters. The monoisotopic (exact) mass is 368 g/mol. The van der Waals surface area contributed by atoms with E-state index >= 15 is 0 Å². The quantitative estimate of drug-likeness (QED) is 0.811. The van der Waals surface area contributed by atoms with Crippen molar-refractivity contribution in [3.05, 3.63) is 51.6 Å². The molecule has 0 atom stereocenters. The molecular weight excluding hydrogens is 356 g/mol. The zero-order chi connectivity index (χ0) is 13.9. The van der Waals surface area contributed by atoms with E-state index in [0.29, 0.717) is 11.1 Å². The van der Waals surface area contributed by atoms with Gasteiger partial charge < -0.3 is 5.32 Å². The predicted molar refractivity (Wildman–Crippen MR) is 87.4 cm³/mol. The van der Waals surface area contributed by atoms with E-state index in [1.807, 2.05) is 12.1 Å². The lowest BCUT2D eigenvalue weighted by atomic mass is 10.2. The maximum Gasteiger partial charge on any atom is 0.101 e. The lowest BCUT2D eigenvalue weighted by Crippen LogP contribution is -2.15. The lowest BCUT2D eigenvalue weighted by Gasteiger charge is -2.10. The van der Waals surface area contributed by atoms with Crippen LogP contribution in [0.4, 0.5) is 0 Å². The Labute approximate surface area is 136 Å². The van der Waals surface area contributed by atoms with Crippen molar-refractivity contribution in [2.75, 3.05) is 0 Å². The summed E-state index contributed by atoms with van der Waals surface area (Å²) in [5, 5.41) is 5.18. The molecular formula is C15H14BrClN2S. The summed E-state index contributed by atoms with van der Waals surface area (Å²) in [6.07, 6.45) is 4.29. The Morgan fingerprint density at radius 2 is 2.15 bits per heavy atom. The van der Waals surface area contributed by atoms with Crippen LogP contribution in [0.5, 0.6) is 0 Å². The largest absolute Gasteiger partial charge is 0.310 e. The zero-order valence-electron chi connectivity index (χ0n) is 10.8. The molecule has 1 aliphatic rings. The van der Waals surface area contributed by atoms with Crippen molar-refractivity contribution in [2.45, 2.75) is 35.3 Å². The van der Waals surface area contributed by atoms with Gasteiger partial charge in [0, 0.05) is 28.2 Å². The fourth-order valence-corrected chi connectivity index (χ4v) is 3.39. The van der Waals surface area contributed by atoms with E-state index in [0.717, 1.165) is 16.0 Å². The molecule has 0 bridgehead atoms. The molecule has 2 aromatic rings. The second-order valence-corrected chi connectivity index (χ2v) is 7.24. The van der Waals surface area contributed by atoms with Crippen molar-refractivity contribution < 1.29 is 0 Å².